The van der Waals surface area contributed by atoms with Gasteiger partial charge >= 0.3 is 0 Å². The molecular formula is C8H6BrClFNO. The fraction of sp³-hybridized carbons (Fsp3) is 0.125. The zero-order chi connectivity index (χ0) is 10.0. The molecule has 0 radical (unpaired) electrons. The molecule has 13 heavy (non-hydrogen) atoms. The van der Waals surface area contributed by atoms with Crippen LogP contribution in [0.1, 0.15) is 10.4 Å². The molecule has 0 atom stereocenters. The molecule has 0 unspecified atom stereocenters. The first-order chi connectivity index (χ1) is 6.06. The second-order valence-corrected chi connectivity index (χ2v) is 3.57. The third-order valence-corrected chi connectivity index (χ3v) is 2.71. The van der Waals surface area contributed by atoms with Gasteiger partial charge in [-0.15, -0.1) is 0 Å². The predicted molar refractivity (Wildman–Crippen MR) is 52.5 cm³/mol. The predicted octanol–water partition coefficient (Wildman–Crippen LogP) is 2.60. The minimum absolute atomic E-state index is 0.0207. The fourth-order valence-corrected chi connectivity index (χ4v) is 1.38. The van der Waals surface area contributed by atoms with Crippen molar-refractivity contribution in [2.45, 2.75) is 0 Å². The van der Waals surface area contributed by atoms with Crippen molar-refractivity contribution in [2.75, 3.05) is 7.05 Å². The number of carbonyl (C=O) groups is 1. The van der Waals surface area contributed by atoms with Crippen LogP contribution in [-0.4, -0.2) is 13.0 Å². The topological polar surface area (TPSA) is 29.1 Å². The van der Waals surface area contributed by atoms with Gasteiger partial charge in [-0.25, -0.2) is 4.39 Å². The third kappa shape index (κ3) is 2.19. The largest absolute Gasteiger partial charge is 0.355 e. The Morgan fingerprint density at radius 3 is 2.69 bits per heavy atom. The number of benzene rings is 1. The molecule has 5 heteroatoms. The Hall–Kier alpha value is -0.610. The van der Waals surface area contributed by atoms with Gasteiger partial charge in [-0.05, 0) is 28.1 Å². The molecule has 0 bridgehead atoms. The van der Waals surface area contributed by atoms with Crippen LogP contribution in [0.4, 0.5) is 4.39 Å². The van der Waals surface area contributed by atoms with E-state index in [2.05, 4.69) is 21.2 Å². The number of rotatable bonds is 1. The third-order valence-electron chi connectivity index (χ3n) is 1.47. The summed E-state index contributed by atoms with van der Waals surface area (Å²) in [6.45, 7) is 0. The Balaban J connectivity index is 3.20. The summed E-state index contributed by atoms with van der Waals surface area (Å²) >= 11 is 8.59. The summed E-state index contributed by atoms with van der Waals surface area (Å²) in [6, 6.07) is 2.55. The second-order valence-electron chi connectivity index (χ2n) is 2.33. The molecule has 1 aromatic rings. The van der Waals surface area contributed by atoms with Gasteiger partial charge in [0.2, 0.25) is 0 Å². The van der Waals surface area contributed by atoms with E-state index in [0.29, 0.717) is 4.47 Å². The lowest BCUT2D eigenvalue weighted by molar-refractivity contribution is 0.0962. The normalized spacial score (nSPS) is 9.85. The Morgan fingerprint density at radius 1 is 1.62 bits per heavy atom. The number of amides is 1. The molecule has 0 aliphatic heterocycles. The molecule has 0 fully saturated rings. The molecule has 0 saturated heterocycles. The first kappa shape index (κ1) is 10.5. The highest BCUT2D eigenvalue weighted by atomic mass is 79.9. The van der Waals surface area contributed by atoms with E-state index in [1.54, 1.807) is 0 Å². The van der Waals surface area contributed by atoms with Crippen LogP contribution in [0, 0.1) is 5.82 Å². The summed E-state index contributed by atoms with van der Waals surface area (Å²) in [6.07, 6.45) is 0. The maximum Gasteiger partial charge on any atom is 0.251 e. The van der Waals surface area contributed by atoms with E-state index >= 15 is 0 Å². The van der Waals surface area contributed by atoms with Gasteiger partial charge < -0.3 is 5.32 Å². The minimum Gasteiger partial charge on any atom is -0.355 e. The molecule has 1 amide bonds. The van der Waals surface area contributed by atoms with Crippen LogP contribution in [-0.2, 0) is 0 Å². The van der Waals surface area contributed by atoms with Crippen molar-refractivity contribution in [1.29, 1.82) is 0 Å². The first-order valence-electron chi connectivity index (χ1n) is 3.43. The SMILES string of the molecule is CNC(=O)c1cc(F)c(Cl)c(Br)c1. The van der Waals surface area contributed by atoms with Crippen LogP contribution < -0.4 is 5.32 Å². The summed E-state index contributed by atoms with van der Waals surface area (Å²) in [5, 5.41) is 2.36. The van der Waals surface area contributed by atoms with Crippen molar-refractivity contribution in [3.63, 3.8) is 0 Å². The van der Waals surface area contributed by atoms with Crippen molar-refractivity contribution >= 4 is 33.4 Å². The molecule has 1 aromatic carbocycles. The Morgan fingerprint density at radius 2 is 2.23 bits per heavy atom. The molecular weight excluding hydrogens is 260 g/mol. The lowest BCUT2D eigenvalue weighted by Gasteiger charge is -2.02. The van der Waals surface area contributed by atoms with Crippen molar-refractivity contribution in [2.24, 2.45) is 0 Å². The summed E-state index contributed by atoms with van der Waals surface area (Å²) < 4.78 is 13.4. The molecule has 0 saturated carbocycles. The van der Waals surface area contributed by atoms with Crippen LogP contribution in [0.3, 0.4) is 0 Å². The number of hydrogen-bond acceptors (Lipinski definition) is 1. The summed E-state index contributed by atoms with van der Waals surface area (Å²) in [4.78, 5) is 11.1. The second kappa shape index (κ2) is 4.07. The van der Waals surface area contributed by atoms with Gasteiger partial charge in [0.25, 0.3) is 5.91 Å². The van der Waals surface area contributed by atoms with Crippen molar-refractivity contribution in [3.05, 3.63) is 33.0 Å². The minimum atomic E-state index is -0.616. The highest BCUT2D eigenvalue weighted by molar-refractivity contribution is 9.10. The molecule has 0 spiro atoms. The first-order valence-corrected chi connectivity index (χ1v) is 4.60. The van der Waals surface area contributed by atoms with E-state index in [0.717, 1.165) is 6.07 Å². The van der Waals surface area contributed by atoms with Gasteiger partial charge in [0.05, 0.1) is 5.02 Å². The van der Waals surface area contributed by atoms with Crippen LogP contribution in [0.15, 0.2) is 16.6 Å². The highest BCUT2D eigenvalue weighted by Gasteiger charge is 2.10. The van der Waals surface area contributed by atoms with E-state index < -0.39 is 5.82 Å². The molecule has 0 heterocycles. The molecule has 70 valence electrons. The Bertz CT molecular complexity index is 333. The Labute approximate surface area is 88.2 Å². The molecule has 0 aliphatic rings. The fourth-order valence-electron chi connectivity index (χ4n) is 0.831. The zero-order valence-electron chi connectivity index (χ0n) is 6.70. The number of carbonyl (C=O) groups excluding carboxylic acids is 1. The van der Waals surface area contributed by atoms with Crippen LogP contribution in [0.25, 0.3) is 0 Å². The quantitative estimate of drug-likeness (QED) is 0.778. The molecule has 0 aromatic heterocycles. The van der Waals surface area contributed by atoms with Gasteiger partial charge in [0.1, 0.15) is 5.82 Å². The molecule has 0 aliphatic carbocycles. The smallest absolute Gasteiger partial charge is 0.251 e. The Kier molecular flexibility index (Phi) is 3.27. The van der Waals surface area contributed by atoms with Gasteiger partial charge in [-0.3, -0.25) is 4.79 Å². The van der Waals surface area contributed by atoms with Gasteiger partial charge in [0.15, 0.2) is 0 Å². The molecule has 1 rings (SSSR count). The van der Waals surface area contributed by atoms with E-state index in [4.69, 9.17) is 11.6 Å². The van der Waals surface area contributed by atoms with Crippen LogP contribution in [0.5, 0.6) is 0 Å². The zero-order valence-corrected chi connectivity index (χ0v) is 9.04. The van der Waals surface area contributed by atoms with Crippen molar-refractivity contribution in [3.8, 4) is 0 Å². The maximum absolute atomic E-state index is 13.0. The van der Waals surface area contributed by atoms with Gasteiger partial charge in [-0.2, -0.15) is 0 Å². The van der Waals surface area contributed by atoms with E-state index in [9.17, 15) is 9.18 Å². The lowest BCUT2D eigenvalue weighted by Crippen LogP contribution is -2.17. The summed E-state index contributed by atoms with van der Waals surface area (Å²) in [5.74, 6) is -0.967. The summed E-state index contributed by atoms with van der Waals surface area (Å²) in [7, 11) is 1.47. The van der Waals surface area contributed by atoms with Crippen molar-refractivity contribution < 1.29 is 9.18 Å². The molecule has 2 nitrogen and oxygen atoms in total. The average molecular weight is 266 g/mol. The van der Waals surface area contributed by atoms with Gasteiger partial charge in [-0.1, -0.05) is 11.6 Å². The monoisotopic (exact) mass is 265 g/mol. The van der Waals surface area contributed by atoms with Gasteiger partial charge in [0, 0.05) is 17.1 Å². The lowest BCUT2D eigenvalue weighted by atomic mass is 10.2. The maximum atomic E-state index is 13.0. The number of nitrogens with one attached hydrogen (secondary N) is 1. The average Bonchev–Trinajstić information content (AvgIpc) is 2.12. The van der Waals surface area contributed by atoms with Crippen LogP contribution in [0.2, 0.25) is 5.02 Å². The summed E-state index contributed by atoms with van der Waals surface area (Å²) in [5.41, 5.74) is 0.233. The standard InChI is InChI=1S/C8H6BrClFNO/c1-12-8(13)4-2-5(9)7(10)6(11)3-4/h2-3H,1H3,(H,12,13). The van der Waals surface area contributed by atoms with Crippen LogP contribution >= 0.6 is 27.5 Å². The van der Waals surface area contributed by atoms with E-state index in [-0.39, 0.29) is 16.5 Å². The van der Waals surface area contributed by atoms with E-state index in [1.165, 1.54) is 13.1 Å². The number of hydrogen-bond donors (Lipinski definition) is 1. The number of halogens is 3. The highest BCUT2D eigenvalue weighted by Crippen LogP contribution is 2.26. The van der Waals surface area contributed by atoms with Crippen molar-refractivity contribution in [1.82, 2.24) is 5.32 Å². The molecule has 1 N–H and O–H groups in total. The van der Waals surface area contributed by atoms with E-state index in [1.807, 2.05) is 0 Å².